The molecule has 0 bridgehead atoms. The van der Waals surface area contributed by atoms with Crippen LogP contribution in [0.4, 0.5) is 0 Å². The van der Waals surface area contributed by atoms with Crippen molar-refractivity contribution in [3.8, 4) is 0 Å². The summed E-state index contributed by atoms with van der Waals surface area (Å²) in [5.41, 5.74) is 0. The van der Waals surface area contributed by atoms with Gasteiger partial charge in [0.1, 0.15) is 0 Å². The van der Waals surface area contributed by atoms with E-state index in [4.69, 9.17) is 15.7 Å². The predicted molar refractivity (Wildman–Crippen MR) is 60.2 cm³/mol. The van der Waals surface area contributed by atoms with E-state index in [9.17, 15) is 0 Å². The fraction of sp³-hybridized carbons (Fsp3) is 1.00. The molecule has 0 aliphatic heterocycles. The Kier molecular flexibility index (Phi) is 3.54. The van der Waals surface area contributed by atoms with Gasteiger partial charge < -0.3 is 0 Å². The van der Waals surface area contributed by atoms with Crippen LogP contribution in [0.1, 0.15) is 46.5 Å². The van der Waals surface area contributed by atoms with Gasteiger partial charge in [-0.05, 0) is 31.1 Å². The summed E-state index contributed by atoms with van der Waals surface area (Å²) >= 11 is 0. The Morgan fingerprint density at radius 1 is 1.38 bits per heavy atom. The molecule has 4 radical (unpaired) electrons. The highest BCUT2D eigenvalue weighted by Gasteiger charge is 2.31. The minimum atomic E-state index is -0.446. The van der Waals surface area contributed by atoms with Gasteiger partial charge >= 0.3 is 0 Å². The quantitative estimate of drug-likeness (QED) is 0.574. The summed E-state index contributed by atoms with van der Waals surface area (Å²) in [6.45, 7) is 6.57. The van der Waals surface area contributed by atoms with E-state index in [1.807, 2.05) is 0 Å². The second-order valence-electron chi connectivity index (χ2n) is 5.05. The Morgan fingerprint density at radius 3 is 2.31 bits per heavy atom. The van der Waals surface area contributed by atoms with Crippen molar-refractivity contribution in [2.45, 2.75) is 51.7 Å². The molecule has 13 heavy (non-hydrogen) atoms. The van der Waals surface area contributed by atoms with E-state index < -0.39 is 5.21 Å². The second-order valence-corrected chi connectivity index (χ2v) is 5.05. The van der Waals surface area contributed by atoms with E-state index in [-0.39, 0.29) is 0 Å². The lowest BCUT2D eigenvalue weighted by Gasteiger charge is -2.40. The van der Waals surface area contributed by atoms with E-state index in [2.05, 4.69) is 20.8 Å². The van der Waals surface area contributed by atoms with Gasteiger partial charge in [-0.15, -0.1) is 0 Å². The Hall–Kier alpha value is 0.130. The first-order chi connectivity index (χ1) is 5.95. The van der Waals surface area contributed by atoms with Crippen molar-refractivity contribution in [2.24, 2.45) is 17.8 Å². The molecule has 0 heterocycles. The Morgan fingerprint density at radius 2 is 1.92 bits per heavy atom. The molecule has 1 unspecified atom stereocenters. The van der Waals surface area contributed by atoms with Gasteiger partial charge in [0.25, 0.3) is 0 Å². The average Bonchev–Trinajstić information content (AvgIpc) is 2.01. The molecule has 70 valence electrons. The lowest BCUT2D eigenvalue weighted by atomic mass is 9.46. The minimum Gasteiger partial charge on any atom is -0.0968 e. The van der Waals surface area contributed by atoms with Crippen LogP contribution in [0.2, 0.25) is 5.21 Å². The van der Waals surface area contributed by atoms with Crippen LogP contribution in [-0.2, 0) is 0 Å². The van der Waals surface area contributed by atoms with Crippen LogP contribution in [0.25, 0.3) is 0 Å². The van der Waals surface area contributed by atoms with E-state index in [1.165, 1.54) is 19.3 Å². The molecule has 1 saturated carbocycles. The van der Waals surface area contributed by atoms with E-state index in [1.54, 1.807) is 0 Å². The van der Waals surface area contributed by atoms with Gasteiger partial charge in [-0.2, -0.15) is 0 Å². The van der Waals surface area contributed by atoms with Gasteiger partial charge in [-0.25, -0.2) is 0 Å². The molecule has 1 aliphatic rings. The van der Waals surface area contributed by atoms with Crippen molar-refractivity contribution in [3.63, 3.8) is 0 Å². The van der Waals surface area contributed by atoms with Crippen molar-refractivity contribution < 1.29 is 0 Å². The number of hydrogen-bond donors (Lipinski definition) is 0. The zero-order chi connectivity index (χ0) is 10.1. The fourth-order valence-corrected chi connectivity index (χ4v) is 2.33. The Bertz CT molecular complexity index is 159. The van der Waals surface area contributed by atoms with Gasteiger partial charge in [0.2, 0.25) is 0 Å². The molecule has 2 heteroatoms. The first-order valence-electron chi connectivity index (χ1n) is 5.53. The van der Waals surface area contributed by atoms with Crippen LogP contribution >= 0.6 is 0 Å². The monoisotopic (exact) mass is 174 g/mol. The van der Waals surface area contributed by atoms with Crippen LogP contribution in [0.3, 0.4) is 0 Å². The van der Waals surface area contributed by atoms with Crippen molar-refractivity contribution in [1.82, 2.24) is 0 Å². The standard InChI is InChI=1S/C11H20B2/c1-4-11(12,13)9(3)7-10-5-8(2)6-10/h8-10H,4-7H2,1-3H3. The molecule has 0 nitrogen and oxygen atoms in total. The molecule has 0 aromatic carbocycles. The summed E-state index contributed by atoms with van der Waals surface area (Å²) < 4.78 is 0. The highest BCUT2D eigenvalue weighted by atomic mass is 14.3. The van der Waals surface area contributed by atoms with Crippen molar-refractivity contribution >= 4 is 15.7 Å². The summed E-state index contributed by atoms with van der Waals surface area (Å²) in [5, 5.41) is -0.446. The second kappa shape index (κ2) is 4.11. The number of hydrogen-bond acceptors (Lipinski definition) is 0. The first-order valence-corrected chi connectivity index (χ1v) is 5.53. The molecule has 0 spiro atoms. The van der Waals surface area contributed by atoms with Gasteiger partial charge in [-0.1, -0.05) is 38.3 Å². The first kappa shape index (κ1) is 11.2. The fourth-order valence-electron chi connectivity index (χ4n) is 2.33. The molecule has 0 aromatic heterocycles. The molecular formula is C11H20B2. The molecule has 0 aromatic rings. The molecule has 0 amide bonds. The minimum absolute atomic E-state index is 0.446. The van der Waals surface area contributed by atoms with Crippen LogP contribution in [0.5, 0.6) is 0 Å². The third kappa shape index (κ3) is 2.79. The van der Waals surface area contributed by atoms with E-state index in [0.717, 1.165) is 18.3 Å². The van der Waals surface area contributed by atoms with Gasteiger partial charge in [0, 0.05) is 0 Å². The highest BCUT2D eigenvalue weighted by Crippen LogP contribution is 2.43. The lowest BCUT2D eigenvalue weighted by Crippen LogP contribution is -2.28. The van der Waals surface area contributed by atoms with Crippen molar-refractivity contribution in [2.75, 3.05) is 0 Å². The van der Waals surface area contributed by atoms with Gasteiger partial charge in [0.15, 0.2) is 0 Å². The van der Waals surface area contributed by atoms with Crippen LogP contribution in [0, 0.1) is 17.8 Å². The zero-order valence-corrected chi connectivity index (χ0v) is 9.22. The SMILES string of the molecule is [B]C([B])(CC)C(C)CC1CC(C)C1. The zero-order valence-electron chi connectivity index (χ0n) is 9.22. The topological polar surface area (TPSA) is 0 Å². The van der Waals surface area contributed by atoms with Crippen LogP contribution in [0.15, 0.2) is 0 Å². The summed E-state index contributed by atoms with van der Waals surface area (Å²) in [4.78, 5) is 0. The summed E-state index contributed by atoms with van der Waals surface area (Å²) in [5.74, 6) is 2.28. The van der Waals surface area contributed by atoms with Gasteiger partial charge in [0.05, 0.1) is 15.7 Å². The lowest BCUT2D eigenvalue weighted by molar-refractivity contribution is 0.170. The van der Waals surface area contributed by atoms with Crippen molar-refractivity contribution in [1.29, 1.82) is 0 Å². The molecule has 1 rings (SSSR count). The molecule has 0 saturated heterocycles. The maximum atomic E-state index is 6.00. The summed E-state index contributed by atoms with van der Waals surface area (Å²) in [6.07, 6.45) is 4.84. The predicted octanol–water partition coefficient (Wildman–Crippen LogP) is 2.92. The molecular weight excluding hydrogens is 154 g/mol. The van der Waals surface area contributed by atoms with Crippen LogP contribution < -0.4 is 0 Å². The smallest absolute Gasteiger partial charge is 0.0624 e. The average molecular weight is 174 g/mol. The highest BCUT2D eigenvalue weighted by molar-refractivity contribution is 6.39. The van der Waals surface area contributed by atoms with E-state index >= 15 is 0 Å². The third-order valence-corrected chi connectivity index (χ3v) is 3.69. The normalized spacial score (nSPS) is 31.0. The van der Waals surface area contributed by atoms with E-state index in [0.29, 0.717) is 5.92 Å². The summed E-state index contributed by atoms with van der Waals surface area (Å²) in [7, 11) is 12.0. The number of rotatable bonds is 4. The Balaban J connectivity index is 2.28. The summed E-state index contributed by atoms with van der Waals surface area (Å²) in [6, 6.07) is 0. The molecule has 1 fully saturated rings. The van der Waals surface area contributed by atoms with Gasteiger partial charge in [-0.3, -0.25) is 0 Å². The molecule has 1 aliphatic carbocycles. The Labute approximate surface area is 85.7 Å². The molecule has 1 atom stereocenters. The maximum Gasteiger partial charge on any atom is 0.0624 e. The molecule has 0 N–H and O–H groups in total. The largest absolute Gasteiger partial charge is 0.0968 e. The van der Waals surface area contributed by atoms with Crippen LogP contribution in [-0.4, -0.2) is 15.7 Å². The van der Waals surface area contributed by atoms with Crippen molar-refractivity contribution in [3.05, 3.63) is 0 Å². The maximum absolute atomic E-state index is 6.00. The third-order valence-electron chi connectivity index (χ3n) is 3.69.